The summed E-state index contributed by atoms with van der Waals surface area (Å²) in [6.45, 7) is 6.29. The van der Waals surface area contributed by atoms with Crippen LogP contribution in [0.1, 0.15) is 40.0 Å². The molecule has 0 aromatic heterocycles. The summed E-state index contributed by atoms with van der Waals surface area (Å²) in [6, 6.07) is -0.246. The fourth-order valence-electron chi connectivity index (χ4n) is 2.43. The topological polar surface area (TPSA) is 85.0 Å². The van der Waals surface area contributed by atoms with E-state index in [1.54, 1.807) is 12.0 Å². The zero-order valence-corrected chi connectivity index (χ0v) is 13.0. The van der Waals surface area contributed by atoms with Crippen LogP contribution in [-0.2, 0) is 9.47 Å². The van der Waals surface area contributed by atoms with Crippen LogP contribution in [0.2, 0.25) is 0 Å². The van der Waals surface area contributed by atoms with Gasteiger partial charge in [0.2, 0.25) is 0 Å². The second-order valence-corrected chi connectivity index (χ2v) is 6.37. The number of rotatable bonds is 4. The molecule has 0 radical (unpaired) electrons. The van der Waals surface area contributed by atoms with E-state index in [1.165, 1.54) is 0 Å². The first-order chi connectivity index (χ1) is 9.24. The molecule has 0 saturated heterocycles. The number of nitrogens with zero attached hydrogens (tertiary/aromatic N) is 1. The smallest absolute Gasteiger partial charge is 0.410 e. The summed E-state index contributed by atoms with van der Waals surface area (Å²) in [5.74, 6) is 0. The predicted molar refractivity (Wildman–Crippen MR) is 76.4 cm³/mol. The Morgan fingerprint density at radius 1 is 1.40 bits per heavy atom. The highest BCUT2D eigenvalue weighted by Gasteiger charge is 2.36. The van der Waals surface area contributed by atoms with Crippen molar-refractivity contribution in [1.29, 1.82) is 0 Å². The molecule has 6 nitrogen and oxygen atoms in total. The van der Waals surface area contributed by atoms with E-state index >= 15 is 0 Å². The molecule has 1 saturated carbocycles. The largest absolute Gasteiger partial charge is 0.444 e. The van der Waals surface area contributed by atoms with Crippen LogP contribution < -0.4 is 5.73 Å². The van der Waals surface area contributed by atoms with Crippen LogP contribution in [0.3, 0.4) is 0 Å². The van der Waals surface area contributed by atoms with Gasteiger partial charge in [-0.15, -0.1) is 0 Å². The predicted octanol–water partition coefficient (Wildman–Crippen LogP) is 1.11. The van der Waals surface area contributed by atoms with Crippen molar-refractivity contribution in [3.63, 3.8) is 0 Å². The molecule has 3 unspecified atom stereocenters. The molecule has 1 aliphatic rings. The Balaban J connectivity index is 2.75. The minimum atomic E-state index is -0.608. The van der Waals surface area contributed by atoms with Gasteiger partial charge in [0.1, 0.15) is 5.60 Å². The molecule has 0 aromatic rings. The molecular formula is C14H28N2O4. The maximum Gasteiger partial charge on any atom is 0.410 e. The van der Waals surface area contributed by atoms with Crippen LogP contribution in [0.25, 0.3) is 0 Å². The lowest BCUT2D eigenvalue weighted by molar-refractivity contribution is -0.0250. The van der Waals surface area contributed by atoms with Crippen molar-refractivity contribution in [3.05, 3.63) is 0 Å². The summed E-state index contributed by atoms with van der Waals surface area (Å²) in [7, 11) is 1.58. The number of amides is 1. The number of hydrogen-bond acceptors (Lipinski definition) is 5. The first kappa shape index (κ1) is 17.2. The number of aliphatic hydroxyl groups excluding tert-OH is 1. The van der Waals surface area contributed by atoms with Crippen LogP contribution in [0.5, 0.6) is 0 Å². The number of nitrogens with two attached hydrogens (primary N) is 1. The van der Waals surface area contributed by atoms with E-state index < -0.39 is 17.8 Å². The third-order valence-corrected chi connectivity index (χ3v) is 3.39. The van der Waals surface area contributed by atoms with E-state index in [4.69, 9.17) is 15.2 Å². The molecule has 3 atom stereocenters. The molecule has 0 aromatic carbocycles. The Kier molecular flexibility index (Phi) is 6.23. The molecule has 3 N–H and O–H groups in total. The van der Waals surface area contributed by atoms with Gasteiger partial charge in [-0.1, -0.05) is 0 Å². The van der Waals surface area contributed by atoms with Gasteiger partial charge in [0, 0.05) is 19.7 Å². The van der Waals surface area contributed by atoms with Gasteiger partial charge in [-0.25, -0.2) is 4.79 Å². The molecule has 0 spiro atoms. The van der Waals surface area contributed by atoms with Gasteiger partial charge in [0.15, 0.2) is 0 Å². The fraction of sp³-hybridized carbons (Fsp3) is 0.929. The summed E-state index contributed by atoms with van der Waals surface area (Å²) >= 11 is 0. The number of aliphatic hydroxyl groups is 1. The fourth-order valence-corrected chi connectivity index (χ4v) is 2.43. The molecule has 20 heavy (non-hydrogen) atoms. The summed E-state index contributed by atoms with van der Waals surface area (Å²) in [5.41, 5.74) is 5.29. The van der Waals surface area contributed by atoms with Crippen LogP contribution in [-0.4, -0.2) is 60.1 Å². The van der Waals surface area contributed by atoms with E-state index in [0.29, 0.717) is 26.0 Å². The Bertz CT molecular complexity index is 317. The van der Waals surface area contributed by atoms with Crippen molar-refractivity contribution in [2.45, 2.75) is 63.8 Å². The second-order valence-electron chi connectivity index (χ2n) is 6.37. The average Bonchev–Trinajstić information content (AvgIpc) is 2.29. The SMILES string of the molecule is COCCN(C(=O)OC(C)(C)C)C1CCC(N)CC1O. The molecule has 0 heterocycles. The first-order valence-corrected chi connectivity index (χ1v) is 7.17. The number of ether oxygens (including phenoxy) is 2. The maximum atomic E-state index is 12.3. The number of carbonyl (C=O) groups is 1. The summed E-state index contributed by atoms with van der Waals surface area (Å²) in [5, 5.41) is 10.2. The third-order valence-electron chi connectivity index (χ3n) is 3.39. The zero-order chi connectivity index (χ0) is 15.3. The number of hydrogen-bond donors (Lipinski definition) is 2. The highest BCUT2D eigenvalue weighted by Crippen LogP contribution is 2.24. The van der Waals surface area contributed by atoms with E-state index in [0.717, 1.165) is 6.42 Å². The zero-order valence-electron chi connectivity index (χ0n) is 13.0. The molecule has 1 aliphatic carbocycles. The van der Waals surface area contributed by atoms with Gasteiger partial charge in [0.25, 0.3) is 0 Å². The lowest BCUT2D eigenvalue weighted by atomic mass is 9.88. The summed E-state index contributed by atoms with van der Waals surface area (Å²) in [6.07, 6.45) is 0.980. The normalized spacial score (nSPS) is 27.2. The molecule has 1 fully saturated rings. The Hall–Kier alpha value is -0.850. The summed E-state index contributed by atoms with van der Waals surface area (Å²) < 4.78 is 10.5. The quantitative estimate of drug-likeness (QED) is 0.809. The van der Waals surface area contributed by atoms with E-state index in [1.807, 2.05) is 20.8 Å². The molecular weight excluding hydrogens is 260 g/mol. The van der Waals surface area contributed by atoms with E-state index in [-0.39, 0.29) is 12.1 Å². The van der Waals surface area contributed by atoms with Crippen molar-refractivity contribution in [3.8, 4) is 0 Å². The standard InChI is InChI=1S/C14H28N2O4/c1-14(2,3)20-13(18)16(7-8-19-4)11-6-5-10(15)9-12(11)17/h10-12,17H,5-9,15H2,1-4H3. The Morgan fingerprint density at radius 3 is 2.55 bits per heavy atom. The molecule has 0 aliphatic heterocycles. The average molecular weight is 288 g/mol. The van der Waals surface area contributed by atoms with Crippen LogP contribution in [0, 0.1) is 0 Å². The molecule has 118 valence electrons. The van der Waals surface area contributed by atoms with Gasteiger partial charge >= 0.3 is 6.09 Å². The second kappa shape index (κ2) is 7.24. The van der Waals surface area contributed by atoms with Gasteiger partial charge < -0.3 is 25.2 Å². The minimum Gasteiger partial charge on any atom is -0.444 e. The molecule has 0 bridgehead atoms. The van der Waals surface area contributed by atoms with Crippen LogP contribution in [0.15, 0.2) is 0 Å². The van der Waals surface area contributed by atoms with Crippen molar-refractivity contribution < 1.29 is 19.4 Å². The Morgan fingerprint density at radius 2 is 2.05 bits per heavy atom. The van der Waals surface area contributed by atoms with Crippen molar-refractivity contribution in [2.24, 2.45) is 5.73 Å². The molecule has 1 amide bonds. The highest BCUT2D eigenvalue weighted by molar-refractivity contribution is 5.68. The number of methoxy groups -OCH3 is 1. The maximum absolute atomic E-state index is 12.3. The Labute approximate surface area is 121 Å². The summed E-state index contributed by atoms with van der Waals surface area (Å²) in [4.78, 5) is 13.9. The van der Waals surface area contributed by atoms with Gasteiger partial charge in [-0.2, -0.15) is 0 Å². The molecule has 6 heteroatoms. The lowest BCUT2D eigenvalue weighted by Gasteiger charge is -2.39. The minimum absolute atomic E-state index is 0.00385. The van der Waals surface area contributed by atoms with Gasteiger partial charge in [0.05, 0.1) is 18.8 Å². The first-order valence-electron chi connectivity index (χ1n) is 7.17. The molecule has 1 rings (SSSR count). The van der Waals surface area contributed by atoms with Crippen LogP contribution >= 0.6 is 0 Å². The number of carbonyl (C=O) groups excluding carboxylic acids is 1. The van der Waals surface area contributed by atoms with Crippen molar-refractivity contribution >= 4 is 6.09 Å². The van der Waals surface area contributed by atoms with Crippen molar-refractivity contribution in [1.82, 2.24) is 4.90 Å². The van der Waals surface area contributed by atoms with E-state index in [2.05, 4.69) is 0 Å². The lowest BCUT2D eigenvalue weighted by Crippen LogP contribution is -2.53. The van der Waals surface area contributed by atoms with E-state index in [9.17, 15) is 9.90 Å². The van der Waals surface area contributed by atoms with Gasteiger partial charge in [-0.05, 0) is 40.0 Å². The van der Waals surface area contributed by atoms with Crippen LogP contribution in [0.4, 0.5) is 4.79 Å². The highest BCUT2D eigenvalue weighted by atomic mass is 16.6. The van der Waals surface area contributed by atoms with Gasteiger partial charge in [-0.3, -0.25) is 0 Å². The van der Waals surface area contributed by atoms with Crippen molar-refractivity contribution in [2.75, 3.05) is 20.3 Å². The monoisotopic (exact) mass is 288 g/mol. The third kappa shape index (κ3) is 5.26.